The summed E-state index contributed by atoms with van der Waals surface area (Å²) in [5.41, 5.74) is 4.16. The number of carbonyl (C=O) groups excluding carboxylic acids is 1. The van der Waals surface area contributed by atoms with Gasteiger partial charge in [0, 0.05) is 50.5 Å². The molecule has 0 spiro atoms. The number of nitrogens with zero attached hydrogens (tertiary/aromatic N) is 2. The Morgan fingerprint density at radius 1 is 0.906 bits per heavy atom. The molecular formula is C25H32N4O2S. The van der Waals surface area contributed by atoms with Crippen LogP contribution in [0.3, 0.4) is 0 Å². The van der Waals surface area contributed by atoms with E-state index in [0.29, 0.717) is 11.7 Å². The molecule has 0 aliphatic carbocycles. The summed E-state index contributed by atoms with van der Waals surface area (Å²) in [7, 11) is 0. The lowest BCUT2D eigenvalue weighted by molar-refractivity contribution is 0.0341. The Balaban J connectivity index is 1.28. The lowest BCUT2D eigenvalue weighted by atomic mass is 10.1. The van der Waals surface area contributed by atoms with Gasteiger partial charge in [-0.3, -0.25) is 9.69 Å². The summed E-state index contributed by atoms with van der Waals surface area (Å²) in [5.74, 6) is 0.119. The number of hydrogen-bond acceptors (Lipinski definition) is 4. The minimum atomic E-state index is 0.119. The van der Waals surface area contributed by atoms with Crippen LogP contribution < -0.4 is 10.6 Å². The van der Waals surface area contributed by atoms with Gasteiger partial charge in [0.2, 0.25) is 0 Å². The van der Waals surface area contributed by atoms with Gasteiger partial charge in [-0.05, 0) is 66.9 Å². The molecule has 2 saturated heterocycles. The lowest BCUT2D eigenvalue weighted by Crippen LogP contribution is -2.36. The number of anilines is 1. The van der Waals surface area contributed by atoms with Crippen LogP contribution in [0.25, 0.3) is 0 Å². The molecule has 2 aromatic carbocycles. The average Bonchev–Trinajstić information content (AvgIpc) is 2.85. The minimum Gasteiger partial charge on any atom is -0.379 e. The Kier molecular flexibility index (Phi) is 8.09. The first-order chi connectivity index (χ1) is 15.7. The van der Waals surface area contributed by atoms with Crippen molar-refractivity contribution in [2.24, 2.45) is 0 Å². The van der Waals surface area contributed by atoms with Crippen molar-refractivity contribution < 1.29 is 9.53 Å². The first kappa shape index (κ1) is 22.7. The summed E-state index contributed by atoms with van der Waals surface area (Å²) in [4.78, 5) is 17.0. The molecule has 6 nitrogen and oxygen atoms in total. The highest BCUT2D eigenvalue weighted by Crippen LogP contribution is 2.16. The third kappa shape index (κ3) is 6.28. The number of hydrogen-bond donors (Lipinski definition) is 2. The second-order valence-electron chi connectivity index (χ2n) is 8.40. The summed E-state index contributed by atoms with van der Waals surface area (Å²) in [6.07, 6.45) is 3.41. The van der Waals surface area contributed by atoms with Crippen LogP contribution in [0.15, 0.2) is 48.5 Å². The zero-order chi connectivity index (χ0) is 22.2. The standard InChI is InChI=1S/C25H32N4O2S/c30-24(29-12-4-1-5-13-29)20-8-10-23(11-9-20)27-25(32)26-18-21-6-2-3-7-22(21)19-28-14-16-31-17-15-28/h2-3,6-11H,1,4-5,12-19H2,(H2,26,27,32). The van der Waals surface area contributed by atoms with Gasteiger partial charge in [-0.25, -0.2) is 0 Å². The molecule has 0 unspecified atom stereocenters. The maximum Gasteiger partial charge on any atom is 0.253 e. The lowest BCUT2D eigenvalue weighted by Gasteiger charge is -2.27. The molecule has 0 radical (unpaired) electrons. The van der Waals surface area contributed by atoms with Gasteiger partial charge in [0.15, 0.2) is 5.11 Å². The van der Waals surface area contributed by atoms with Crippen LogP contribution in [0.4, 0.5) is 5.69 Å². The Hall–Kier alpha value is -2.48. The molecule has 32 heavy (non-hydrogen) atoms. The van der Waals surface area contributed by atoms with Crippen LogP contribution in [0.2, 0.25) is 0 Å². The quantitative estimate of drug-likeness (QED) is 0.653. The summed E-state index contributed by atoms with van der Waals surface area (Å²) in [5, 5.41) is 7.11. The second-order valence-corrected chi connectivity index (χ2v) is 8.80. The van der Waals surface area contributed by atoms with E-state index in [-0.39, 0.29) is 5.91 Å². The maximum absolute atomic E-state index is 12.6. The number of ether oxygens (including phenoxy) is 1. The van der Waals surface area contributed by atoms with E-state index in [1.165, 1.54) is 17.5 Å². The van der Waals surface area contributed by atoms with Gasteiger partial charge in [0.25, 0.3) is 5.91 Å². The summed E-state index contributed by atoms with van der Waals surface area (Å²) >= 11 is 5.50. The summed E-state index contributed by atoms with van der Waals surface area (Å²) in [6, 6.07) is 16.1. The second kappa shape index (κ2) is 11.4. The van der Waals surface area contributed by atoms with Crippen molar-refractivity contribution in [1.82, 2.24) is 15.1 Å². The number of piperidine rings is 1. The molecular weight excluding hydrogens is 420 g/mol. The van der Waals surface area contributed by atoms with Crippen molar-refractivity contribution in [3.05, 3.63) is 65.2 Å². The van der Waals surface area contributed by atoms with Crippen molar-refractivity contribution in [3.63, 3.8) is 0 Å². The van der Waals surface area contributed by atoms with E-state index in [4.69, 9.17) is 17.0 Å². The first-order valence-corrected chi connectivity index (χ1v) is 11.9. The highest BCUT2D eigenvalue weighted by atomic mass is 32.1. The van der Waals surface area contributed by atoms with Crippen molar-refractivity contribution in [3.8, 4) is 0 Å². The SMILES string of the molecule is O=C(c1ccc(NC(=S)NCc2ccccc2CN2CCOCC2)cc1)N1CCCCC1. The number of rotatable bonds is 6. The molecule has 7 heteroatoms. The van der Waals surface area contributed by atoms with Gasteiger partial charge in [-0.1, -0.05) is 24.3 Å². The molecule has 2 heterocycles. The molecule has 4 rings (SSSR count). The Morgan fingerprint density at radius 3 is 2.31 bits per heavy atom. The predicted octanol–water partition coefficient (Wildman–Crippen LogP) is 3.63. The monoisotopic (exact) mass is 452 g/mol. The fourth-order valence-electron chi connectivity index (χ4n) is 4.21. The number of thiocarbonyl (C=S) groups is 1. The largest absolute Gasteiger partial charge is 0.379 e. The van der Waals surface area contributed by atoms with Gasteiger partial charge in [-0.2, -0.15) is 0 Å². The van der Waals surface area contributed by atoms with Crippen molar-refractivity contribution in [2.45, 2.75) is 32.4 Å². The fourth-order valence-corrected chi connectivity index (χ4v) is 4.40. The first-order valence-electron chi connectivity index (χ1n) is 11.5. The van der Waals surface area contributed by atoms with Crippen LogP contribution in [-0.2, 0) is 17.8 Å². The van der Waals surface area contributed by atoms with Crippen LogP contribution >= 0.6 is 12.2 Å². The third-order valence-corrected chi connectivity index (χ3v) is 6.33. The molecule has 2 fully saturated rings. The van der Waals surface area contributed by atoms with Gasteiger partial charge >= 0.3 is 0 Å². The van der Waals surface area contributed by atoms with Gasteiger partial charge in [-0.15, -0.1) is 0 Å². The van der Waals surface area contributed by atoms with E-state index >= 15 is 0 Å². The average molecular weight is 453 g/mol. The number of nitrogens with one attached hydrogen (secondary N) is 2. The van der Waals surface area contributed by atoms with Crippen molar-refractivity contribution >= 4 is 28.9 Å². The van der Waals surface area contributed by atoms with E-state index in [1.54, 1.807) is 0 Å². The molecule has 0 aromatic heterocycles. The molecule has 0 bridgehead atoms. The highest BCUT2D eigenvalue weighted by Gasteiger charge is 2.18. The topological polar surface area (TPSA) is 56.8 Å². The smallest absolute Gasteiger partial charge is 0.253 e. The summed E-state index contributed by atoms with van der Waals surface area (Å²) < 4.78 is 5.45. The Bertz CT molecular complexity index is 906. The molecule has 0 atom stereocenters. The predicted molar refractivity (Wildman–Crippen MR) is 132 cm³/mol. The van der Waals surface area contributed by atoms with E-state index in [9.17, 15) is 4.79 Å². The molecule has 1 amide bonds. The van der Waals surface area contributed by atoms with E-state index in [0.717, 1.165) is 70.0 Å². The molecule has 2 aromatic rings. The Morgan fingerprint density at radius 2 is 1.59 bits per heavy atom. The molecule has 2 aliphatic heterocycles. The van der Waals surface area contributed by atoms with E-state index < -0.39 is 0 Å². The molecule has 0 saturated carbocycles. The van der Waals surface area contributed by atoms with Crippen molar-refractivity contribution in [1.29, 1.82) is 0 Å². The highest BCUT2D eigenvalue weighted by molar-refractivity contribution is 7.80. The van der Waals surface area contributed by atoms with Gasteiger partial charge in [0.1, 0.15) is 0 Å². The fraction of sp³-hybridized carbons (Fsp3) is 0.440. The van der Waals surface area contributed by atoms with Crippen LogP contribution in [0, 0.1) is 0 Å². The number of likely N-dealkylation sites (tertiary alicyclic amines) is 1. The van der Waals surface area contributed by atoms with Crippen LogP contribution in [0.5, 0.6) is 0 Å². The minimum absolute atomic E-state index is 0.119. The zero-order valence-electron chi connectivity index (χ0n) is 18.5. The number of morpholine rings is 1. The van der Waals surface area contributed by atoms with Gasteiger partial charge < -0.3 is 20.3 Å². The Labute approximate surface area is 195 Å². The normalized spacial score (nSPS) is 17.1. The van der Waals surface area contributed by atoms with Crippen LogP contribution in [0.1, 0.15) is 40.7 Å². The van der Waals surface area contributed by atoms with E-state index in [2.05, 4.69) is 39.8 Å². The maximum atomic E-state index is 12.6. The zero-order valence-corrected chi connectivity index (χ0v) is 19.3. The number of benzene rings is 2. The molecule has 2 aliphatic rings. The molecule has 2 N–H and O–H groups in total. The summed E-state index contributed by atoms with van der Waals surface area (Å²) in [6.45, 7) is 6.86. The number of carbonyl (C=O) groups is 1. The molecule has 170 valence electrons. The van der Waals surface area contributed by atoms with Crippen molar-refractivity contribution in [2.75, 3.05) is 44.7 Å². The van der Waals surface area contributed by atoms with E-state index in [1.807, 2.05) is 29.2 Å². The van der Waals surface area contributed by atoms with Gasteiger partial charge in [0.05, 0.1) is 13.2 Å². The third-order valence-electron chi connectivity index (χ3n) is 6.09. The van der Waals surface area contributed by atoms with Crippen LogP contribution in [-0.4, -0.2) is 60.2 Å². The number of amides is 1.